The van der Waals surface area contributed by atoms with Crippen molar-refractivity contribution in [2.45, 2.75) is 95.3 Å². The Hall–Kier alpha value is -4.12. The average Bonchev–Trinajstić information content (AvgIpc) is 3.87. The molecule has 304 valence electrons. The van der Waals surface area contributed by atoms with Crippen LogP contribution in [-0.4, -0.2) is 97.3 Å². The molecular formula is C31H41N7O16P2+2. The third-order valence-electron chi connectivity index (χ3n) is 9.55. The molecule has 3 aliphatic heterocycles. The summed E-state index contributed by atoms with van der Waals surface area (Å²) in [6.07, 6.45) is -4.10. The maximum absolute atomic E-state index is 13.2. The molecule has 23 nitrogen and oxygen atoms in total. The van der Waals surface area contributed by atoms with Crippen LogP contribution in [-0.2, 0) is 46.2 Å². The predicted octanol–water partition coefficient (Wildman–Crippen LogP) is -0.161. The molecule has 11 atom stereocenters. The molecule has 25 heteroatoms. The number of aliphatic hydroxyl groups is 1. The Balaban J connectivity index is 1.10. The maximum Gasteiger partial charge on any atom is 0.697 e. The smallest absolute Gasteiger partial charge is 0.394 e. The predicted molar refractivity (Wildman–Crippen MR) is 190 cm³/mol. The zero-order valence-electron chi connectivity index (χ0n) is 30.5. The minimum absolute atomic E-state index is 0.00272. The molecular weight excluding hydrogens is 788 g/mol. The van der Waals surface area contributed by atoms with E-state index in [2.05, 4.69) is 15.0 Å². The van der Waals surface area contributed by atoms with Crippen LogP contribution in [0, 0.1) is 20.8 Å². The molecule has 6 rings (SSSR count). The van der Waals surface area contributed by atoms with Crippen LogP contribution >= 0.6 is 16.5 Å². The highest BCUT2D eigenvalue weighted by molar-refractivity contribution is 7.33. The fourth-order valence-electron chi connectivity index (χ4n) is 6.48. The molecule has 3 saturated heterocycles. The number of aromatic nitrogens is 6. The minimum Gasteiger partial charge on any atom is -0.394 e. The SMILES string of the molecule is CO[C@H]1CC(n2cc(C)c(=O)[nH]c2=O)OC1CO[P+](=O)O[C@H]1CC(n2cc(C)c(=O)[nH]c2=O)OC1CO[P+](=O)OC1C[C@H](n2cc(C)c(N)nc2=O)O[C@@H]1CO. The first-order chi connectivity index (χ1) is 26.6. The van der Waals surface area contributed by atoms with Gasteiger partial charge in [-0.1, -0.05) is 0 Å². The Bertz CT molecular complexity index is 2260. The van der Waals surface area contributed by atoms with E-state index in [4.69, 9.17) is 42.8 Å². The number of H-pyrrole nitrogens is 2. The van der Waals surface area contributed by atoms with Crippen LogP contribution in [0.2, 0.25) is 0 Å². The second-order valence-electron chi connectivity index (χ2n) is 13.3. The number of nitrogens with two attached hydrogens (primary N) is 1. The van der Waals surface area contributed by atoms with Crippen molar-refractivity contribution in [3.05, 3.63) is 87.4 Å². The standard InChI is InChI=1S/C31H39N7O16P2/c1-14-8-36(29(42)33-26(14)32)24-6-18(20(11-39)50-24)53-55(45)49-13-22-19(7-25(52-22)38-10-16(3)28(41)35-31(38)44)54-56(46)48-12-21-17(47-4)5-23(51-21)37-9-15(2)27(40)34-30(37)43/h8-10,17-25,39H,5-7,11-13H2,1-4H3,(H2-2,32,33,34,35,40,41,42,43,44)/p+2/t17-,18?,19-,20+,21?,22?,23?,24+,25?/m0/s1. The van der Waals surface area contributed by atoms with E-state index in [1.165, 1.54) is 48.7 Å². The number of nitrogens with one attached hydrogen (secondary N) is 2. The van der Waals surface area contributed by atoms with Gasteiger partial charge in [0, 0.05) is 70.8 Å². The van der Waals surface area contributed by atoms with E-state index in [0.717, 1.165) is 4.57 Å². The van der Waals surface area contributed by atoms with E-state index in [0.29, 0.717) is 11.1 Å². The summed E-state index contributed by atoms with van der Waals surface area (Å²) in [6.45, 7) is 3.37. The van der Waals surface area contributed by atoms with Gasteiger partial charge in [0.2, 0.25) is 0 Å². The third-order valence-corrected chi connectivity index (χ3v) is 11.2. The van der Waals surface area contributed by atoms with Gasteiger partial charge in [0.25, 0.3) is 11.1 Å². The second-order valence-corrected chi connectivity index (χ2v) is 15.2. The summed E-state index contributed by atoms with van der Waals surface area (Å²) in [7, 11) is -4.39. The number of nitrogens with zero attached hydrogens (tertiary/aromatic N) is 4. The number of rotatable bonds is 15. The fourth-order valence-corrected chi connectivity index (χ4v) is 8.03. The first kappa shape index (κ1) is 41.5. The van der Waals surface area contributed by atoms with Crippen LogP contribution in [0.3, 0.4) is 0 Å². The number of ether oxygens (including phenoxy) is 4. The van der Waals surface area contributed by atoms with Gasteiger partial charge in [0.15, 0.2) is 0 Å². The quantitative estimate of drug-likeness (QED) is 0.145. The van der Waals surface area contributed by atoms with Crippen molar-refractivity contribution in [1.29, 1.82) is 0 Å². The Morgan fingerprint density at radius 3 is 1.66 bits per heavy atom. The van der Waals surface area contributed by atoms with Gasteiger partial charge in [0.1, 0.15) is 68.2 Å². The lowest BCUT2D eigenvalue weighted by atomic mass is 10.2. The Kier molecular flexibility index (Phi) is 13.0. The molecule has 0 spiro atoms. The zero-order chi connectivity index (χ0) is 40.4. The van der Waals surface area contributed by atoms with Gasteiger partial charge in [-0.05, 0) is 20.8 Å². The normalized spacial score (nSPS) is 28.2. The van der Waals surface area contributed by atoms with Gasteiger partial charge in [-0.25, -0.2) is 14.4 Å². The second kappa shape index (κ2) is 17.6. The van der Waals surface area contributed by atoms with E-state index >= 15 is 0 Å². The van der Waals surface area contributed by atoms with Crippen molar-refractivity contribution in [2.24, 2.45) is 0 Å². The molecule has 3 fully saturated rings. The van der Waals surface area contributed by atoms with Crippen LogP contribution < -0.4 is 33.9 Å². The summed E-state index contributed by atoms with van der Waals surface area (Å²) >= 11 is 0. The monoisotopic (exact) mass is 829 g/mol. The lowest BCUT2D eigenvalue weighted by Gasteiger charge is -2.15. The highest BCUT2D eigenvalue weighted by Crippen LogP contribution is 2.41. The number of anilines is 1. The molecule has 0 aliphatic carbocycles. The summed E-state index contributed by atoms with van der Waals surface area (Å²) in [5.41, 5.74) is 3.45. The van der Waals surface area contributed by atoms with E-state index in [9.17, 15) is 38.2 Å². The molecule has 56 heavy (non-hydrogen) atoms. The summed E-state index contributed by atoms with van der Waals surface area (Å²) < 4.78 is 75.3. The summed E-state index contributed by atoms with van der Waals surface area (Å²) in [6, 6.07) is 0. The van der Waals surface area contributed by atoms with Crippen LogP contribution in [0.1, 0.15) is 54.6 Å². The van der Waals surface area contributed by atoms with Crippen molar-refractivity contribution < 1.29 is 51.3 Å². The lowest BCUT2D eigenvalue weighted by molar-refractivity contribution is -0.0552. The third kappa shape index (κ3) is 9.19. The average molecular weight is 830 g/mol. The molecule has 3 aliphatic rings. The molecule has 0 bridgehead atoms. The first-order valence-corrected chi connectivity index (χ1v) is 19.5. The maximum atomic E-state index is 13.2. The molecule has 5 N–H and O–H groups in total. The molecule has 3 aromatic heterocycles. The molecule has 3 aromatic rings. The van der Waals surface area contributed by atoms with E-state index in [1.54, 1.807) is 6.92 Å². The minimum atomic E-state index is -2.91. The molecule has 0 saturated carbocycles. The van der Waals surface area contributed by atoms with Crippen LogP contribution in [0.25, 0.3) is 0 Å². The van der Waals surface area contributed by atoms with Crippen molar-refractivity contribution in [3.8, 4) is 0 Å². The summed E-state index contributed by atoms with van der Waals surface area (Å²) in [4.78, 5) is 69.6. The van der Waals surface area contributed by atoms with Crippen molar-refractivity contribution in [1.82, 2.24) is 28.7 Å². The van der Waals surface area contributed by atoms with Crippen molar-refractivity contribution in [3.63, 3.8) is 0 Å². The van der Waals surface area contributed by atoms with Crippen LogP contribution in [0.5, 0.6) is 0 Å². The number of hydrogen-bond acceptors (Lipinski definition) is 18. The Morgan fingerprint density at radius 2 is 1.16 bits per heavy atom. The van der Waals surface area contributed by atoms with Gasteiger partial charge >= 0.3 is 33.6 Å². The van der Waals surface area contributed by atoms with Gasteiger partial charge in [0.05, 0.1) is 12.7 Å². The highest BCUT2D eigenvalue weighted by atomic mass is 31.1. The van der Waals surface area contributed by atoms with Gasteiger partial charge < -0.3 is 29.8 Å². The number of aryl methyl sites for hydroxylation is 3. The number of aromatic amines is 2. The largest absolute Gasteiger partial charge is 0.697 e. The topological polar surface area (TPSA) is 299 Å². The van der Waals surface area contributed by atoms with E-state index < -0.39 is 113 Å². The molecule has 0 radical (unpaired) electrons. The highest BCUT2D eigenvalue weighted by Gasteiger charge is 2.48. The van der Waals surface area contributed by atoms with Crippen LogP contribution in [0.4, 0.5) is 5.82 Å². The number of aliphatic hydroxyl groups excluding tert-OH is 1. The first-order valence-electron chi connectivity index (χ1n) is 17.3. The molecule has 0 amide bonds. The van der Waals surface area contributed by atoms with Crippen molar-refractivity contribution >= 4 is 22.3 Å². The number of nitrogen functional groups attached to an aromatic ring is 1. The Morgan fingerprint density at radius 1 is 0.732 bits per heavy atom. The van der Waals surface area contributed by atoms with E-state index in [-0.39, 0.29) is 37.3 Å². The van der Waals surface area contributed by atoms with Gasteiger partial charge in [-0.2, -0.15) is 4.98 Å². The Labute approximate surface area is 317 Å². The summed E-state index contributed by atoms with van der Waals surface area (Å²) in [5, 5.41) is 9.91. The summed E-state index contributed by atoms with van der Waals surface area (Å²) in [5.74, 6) is 0.0524. The zero-order valence-corrected chi connectivity index (χ0v) is 32.3. The number of methoxy groups -OCH3 is 1. The van der Waals surface area contributed by atoms with Gasteiger partial charge in [-0.15, -0.1) is 18.1 Å². The molecule has 0 aromatic carbocycles. The fraction of sp³-hybridized carbons (Fsp3) is 0.613. The van der Waals surface area contributed by atoms with Crippen LogP contribution in [0.15, 0.2) is 42.6 Å². The van der Waals surface area contributed by atoms with Crippen molar-refractivity contribution in [2.75, 3.05) is 32.7 Å². The number of hydrogen-bond donors (Lipinski definition) is 4. The van der Waals surface area contributed by atoms with E-state index in [1.807, 2.05) is 0 Å². The van der Waals surface area contributed by atoms with Gasteiger partial charge in [-0.3, -0.25) is 33.3 Å². The molecule has 6 heterocycles. The lowest BCUT2D eigenvalue weighted by Crippen LogP contribution is -2.33. The molecule has 7 unspecified atom stereocenters.